The van der Waals surface area contributed by atoms with Gasteiger partial charge >= 0.3 is 0 Å². The van der Waals surface area contributed by atoms with Crippen LogP contribution in [-0.4, -0.2) is 23.1 Å². The van der Waals surface area contributed by atoms with Crippen LogP contribution in [0, 0.1) is 6.92 Å². The third-order valence-electron chi connectivity index (χ3n) is 2.52. The molecule has 4 nitrogen and oxygen atoms in total. The number of rotatable bonds is 3. The van der Waals surface area contributed by atoms with Gasteiger partial charge in [-0.2, -0.15) is 10.2 Å². The molecule has 0 unspecified atom stereocenters. The van der Waals surface area contributed by atoms with E-state index in [4.69, 9.17) is 4.74 Å². The van der Waals surface area contributed by atoms with Gasteiger partial charge in [0.15, 0.2) is 5.78 Å². The highest BCUT2D eigenvalue weighted by Gasteiger charge is 2.12. The highest BCUT2D eigenvalue weighted by molar-refractivity contribution is 6.09. The molecule has 4 heteroatoms. The molecule has 0 radical (unpaired) electrons. The molecule has 0 saturated carbocycles. The zero-order valence-electron chi connectivity index (χ0n) is 9.68. The summed E-state index contributed by atoms with van der Waals surface area (Å²) in [7, 11) is 1.60. The quantitative estimate of drug-likeness (QED) is 0.754. The molecule has 1 aromatic carbocycles. The highest BCUT2D eigenvalue weighted by atomic mass is 16.5. The Balaban J connectivity index is 2.38. The molecule has 2 aromatic rings. The van der Waals surface area contributed by atoms with Crippen LogP contribution in [0.25, 0.3) is 0 Å². The van der Waals surface area contributed by atoms with Crippen LogP contribution in [0.1, 0.15) is 21.5 Å². The Morgan fingerprint density at radius 1 is 1.24 bits per heavy atom. The number of hydrogen-bond donors (Lipinski definition) is 0. The van der Waals surface area contributed by atoms with Gasteiger partial charge in [-0.25, -0.2) is 0 Å². The number of carbonyl (C=O) groups is 1. The molecule has 1 aromatic heterocycles. The van der Waals surface area contributed by atoms with Gasteiger partial charge in [0.05, 0.1) is 19.5 Å². The molecule has 0 saturated heterocycles. The standard InChI is InChI=1S/C13H12N2O2/c1-9-7-11(17-2)3-4-12(9)13(16)10-5-6-14-15-8-10/h3-8H,1-2H3. The number of methoxy groups -OCH3 is 1. The molecule has 0 bridgehead atoms. The van der Waals surface area contributed by atoms with E-state index in [1.807, 2.05) is 13.0 Å². The third kappa shape index (κ3) is 2.30. The van der Waals surface area contributed by atoms with Crippen LogP contribution in [0.3, 0.4) is 0 Å². The van der Waals surface area contributed by atoms with E-state index in [1.54, 1.807) is 25.3 Å². The summed E-state index contributed by atoms with van der Waals surface area (Å²) in [6, 6.07) is 7.02. The Hall–Kier alpha value is -2.23. The molecular weight excluding hydrogens is 216 g/mol. The van der Waals surface area contributed by atoms with E-state index in [2.05, 4.69) is 10.2 Å². The second kappa shape index (κ2) is 4.74. The Morgan fingerprint density at radius 3 is 2.65 bits per heavy atom. The van der Waals surface area contributed by atoms with Gasteiger partial charge in [-0.15, -0.1) is 0 Å². The maximum atomic E-state index is 12.2. The fraction of sp³-hybridized carbons (Fsp3) is 0.154. The summed E-state index contributed by atoms with van der Waals surface area (Å²) in [5, 5.41) is 7.35. The molecule has 0 amide bonds. The number of ether oxygens (including phenoxy) is 1. The molecule has 0 aliphatic rings. The number of carbonyl (C=O) groups excluding carboxylic acids is 1. The van der Waals surface area contributed by atoms with Crippen LogP contribution in [-0.2, 0) is 0 Å². The molecule has 17 heavy (non-hydrogen) atoms. The first-order chi connectivity index (χ1) is 8.22. The topological polar surface area (TPSA) is 52.1 Å². The van der Waals surface area contributed by atoms with Crippen LogP contribution in [0.2, 0.25) is 0 Å². The first-order valence-corrected chi connectivity index (χ1v) is 5.18. The van der Waals surface area contributed by atoms with Crippen LogP contribution < -0.4 is 4.74 Å². The van der Waals surface area contributed by atoms with Gasteiger partial charge in [0, 0.05) is 11.1 Å². The molecule has 1 heterocycles. The van der Waals surface area contributed by atoms with E-state index in [1.165, 1.54) is 12.4 Å². The number of benzene rings is 1. The minimum Gasteiger partial charge on any atom is -0.497 e. The van der Waals surface area contributed by atoms with E-state index >= 15 is 0 Å². The van der Waals surface area contributed by atoms with Crippen molar-refractivity contribution in [2.75, 3.05) is 7.11 Å². The number of hydrogen-bond acceptors (Lipinski definition) is 4. The van der Waals surface area contributed by atoms with Crippen LogP contribution in [0.4, 0.5) is 0 Å². The van der Waals surface area contributed by atoms with Crippen molar-refractivity contribution in [1.82, 2.24) is 10.2 Å². The zero-order valence-corrected chi connectivity index (χ0v) is 9.68. The number of nitrogens with zero attached hydrogens (tertiary/aromatic N) is 2. The fourth-order valence-corrected chi connectivity index (χ4v) is 1.60. The average Bonchev–Trinajstić information content (AvgIpc) is 2.39. The lowest BCUT2D eigenvalue weighted by Gasteiger charge is -2.06. The van der Waals surface area contributed by atoms with Gasteiger partial charge in [-0.1, -0.05) is 0 Å². The van der Waals surface area contributed by atoms with Crippen molar-refractivity contribution < 1.29 is 9.53 Å². The molecule has 0 aliphatic heterocycles. The molecule has 0 atom stereocenters. The smallest absolute Gasteiger partial charge is 0.194 e. The summed E-state index contributed by atoms with van der Waals surface area (Å²) >= 11 is 0. The van der Waals surface area contributed by atoms with E-state index in [0.717, 1.165) is 11.3 Å². The molecular formula is C13H12N2O2. The Labute approximate surface area is 99.3 Å². The van der Waals surface area contributed by atoms with Gasteiger partial charge < -0.3 is 4.74 Å². The Kier molecular flexibility index (Phi) is 3.14. The highest BCUT2D eigenvalue weighted by Crippen LogP contribution is 2.19. The summed E-state index contributed by atoms with van der Waals surface area (Å²) in [4.78, 5) is 12.2. The maximum Gasteiger partial charge on any atom is 0.194 e. The Morgan fingerprint density at radius 2 is 2.06 bits per heavy atom. The number of aryl methyl sites for hydroxylation is 1. The predicted octanol–water partition coefficient (Wildman–Crippen LogP) is 2.02. The van der Waals surface area contributed by atoms with Crippen molar-refractivity contribution in [2.45, 2.75) is 6.92 Å². The minimum absolute atomic E-state index is 0.0555. The summed E-state index contributed by atoms with van der Waals surface area (Å²) in [5.41, 5.74) is 2.07. The average molecular weight is 228 g/mol. The van der Waals surface area contributed by atoms with Crippen molar-refractivity contribution >= 4 is 5.78 Å². The first-order valence-electron chi connectivity index (χ1n) is 5.18. The predicted molar refractivity (Wildman–Crippen MR) is 63.2 cm³/mol. The zero-order chi connectivity index (χ0) is 12.3. The Bertz CT molecular complexity index is 538. The third-order valence-corrected chi connectivity index (χ3v) is 2.52. The monoisotopic (exact) mass is 228 g/mol. The summed E-state index contributed by atoms with van der Waals surface area (Å²) in [6.45, 7) is 1.88. The van der Waals surface area contributed by atoms with E-state index in [-0.39, 0.29) is 5.78 Å². The molecule has 0 fully saturated rings. The van der Waals surface area contributed by atoms with Crippen LogP contribution in [0.15, 0.2) is 36.7 Å². The molecule has 0 spiro atoms. The SMILES string of the molecule is COc1ccc(C(=O)c2ccnnc2)c(C)c1. The van der Waals surface area contributed by atoms with Gasteiger partial charge in [0.25, 0.3) is 0 Å². The second-order valence-corrected chi connectivity index (χ2v) is 3.64. The van der Waals surface area contributed by atoms with Gasteiger partial charge in [-0.05, 0) is 36.8 Å². The molecule has 86 valence electrons. The van der Waals surface area contributed by atoms with Crippen molar-refractivity contribution in [2.24, 2.45) is 0 Å². The largest absolute Gasteiger partial charge is 0.497 e. The van der Waals surface area contributed by atoms with Crippen molar-refractivity contribution in [1.29, 1.82) is 0 Å². The fourth-order valence-electron chi connectivity index (χ4n) is 1.60. The van der Waals surface area contributed by atoms with Gasteiger partial charge in [0.1, 0.15) is 5.75 Å². The summed E-state index contributed by atoms with van der Waals surface area (Å²) in [5.74, 6) is 0.687. The van der Waals surface area contributed by atoms with Crippen molar-refractivity contribution in [3.63, 3.8) is 0 Å². The van der Waals surface area contributed by atoms with Crippen LogP contribution in [0.5, 0.6) is 5.75 Å². The van der Waals surface area contributed by atoms with Gasteiger partial charge in [-0.3, -0.25) is 4.79 Å². The summed E-state index contributed by atoms with van der Waals surface area (Å²) < 4.78 is 5.10. The minimum atomic E-state index is -0.0555. The number of aromatic nitrogens is 2. The van der Waals surface area contributed by atoms with E-state index in [0.29, 0.717) is 11.1 Å². The lowest BCUT2D eigenvalue weighted by molar-refractivity contribution is 0.103. The first kappa shape index (κ1) is 11.3. The van der Waals surface area contributed by atoms with Crippen LogP contribution >= 0.6 is 0 Å². The molecule has 0 N–H and O–H groups in total. The van der Waals surface area contributed by atoms with Crippen molar-refractivity contribution in [3.8, 4) is 5.75 Å². The lowest BCUT2D eigenvalue weighted by atomic mass is 10.0. The van der Waals surface area contributed by atoms with E-state index in [9.17, 15) is 4.79 Å². The van der Waals surface area contributed by atoms with Gasteiger partial charge in [0.2, 0.25) is 0 Å². The molecule has 2 rings (SSSR count). The molecule has 0 aliphatic carbocycles. The van der Waals surface area contributed by atoms with E-state index < -0.39 is 0 Å². The lowest BCUT2D eigenvalue weighted by Crippen LogP contribution is -2.04. The maximum absolute atomic E-state index is 12.2. The second-order valence-electron chi connectivity index (χ2n) is 3.64. The number of ketones is 1. The summed E-state index contributed by atoms with van der Waals surface area (Å²) in [6.07, 6.45) is 2.97. The normalized spacial score (nSPS) is 10.0. The van der Waals surface area contributed by atoms with Crippen molar-refractivity contribution in [3.05, 3.63) is 53.3 Å².